The molecule has 5 heteroatoms. The molecule has 0 bridgehead atoms. The number of benzene rings is 1. The van der Waals surface area contributed by atoms with Gasteiger partial charge in [-0.1, -0.05) is 67.8 Å². The average molecular weight is 429 g/mol. The van der Waals surface area contributed by atoms with Crippen LogP contribution in [0.1, 0.15) is 19.8 Å². The van der Waals surface area contributed by atoms with E-state index in [1.807, 2.05) is 66.6 Å². The summed E-state index contributed by atoms with van der Waals surface area (Å²) < 4.78 is 1.63. The first-order valence-electron chi connectivity index (χ1n) is 10.5. The molecule has 0 spiro atoms. The Kier molecular flexibility index (Phi) is 7.45. The average Bonchev–Trinajstić information content (AvgIpc) is 2.78. The second kappa shape index (κ2) is 10.4. The molecule has 164 valence electrons. The van der Waals surface area contributed by atoms with Crippen LogP contribution in [0.15, 0.2) is 114 Å². The summed E-state index contributed by atoms with van der Waals surface area (Å²) in [5.74, 6) is -0.597. The van der Waals surface area contributed by atoms with Crippen LogP contribution in [0.5, 0.6) is 0 Å². The van der Waals surface area contributed by atoms with Crippen molar-refractivity contribution in [1.29, 1.82) is 0 Å². The van der Waals surface area contributed by atoms with Crippen LogP contribution in [0.3, 0.4) is 0 Å². The number of Topliss-reactive ketones (excluding diaryl/α,β-unsaturated/α-hetero) is 1. The molecule has 1 aliphatic rings. The summed E-state index contributed by atoms with van der Waals surface area (Å²) in [6.07, 6.45) is 15.4. The molecule has 0 radical (unpaired) electrons. The lowest BCUT2D eigenvalue weighted by Crippen LogP contribution is -2.41. The molecule has 32 heavy (non-hydrogen) atoms. The van der Waals surface area contributed by atoms with Crippen LogP contribution in [-0.2, 0) is 11.3 Å². The van der Waals surface area contributed by atoms with Crippen molar-refractivity contribution in [3.05, 3.63) is 120 Å². The highest BCUT2D eigenvalue weighted by Crippen LogP contribution is 2.23. The van der Waals surface area contributed by atoms with E-state index >= 15 is 0 Å². The zero-order chi connectivity index (χ0) is 23.1. The van der Waals surface area contributed by atoms with Gasteiger partial charge >= 0.3 is 0 Å². The van der Waals surface area contributed by atoms with Crippen LogP contribution >= 0.6 is 0 Å². The number of fused-ring (bicyclic) bond motifs is 1. The monoisotopic (exact) mass is 428 g/mol. The van der Waals surface area contributed by atoms with Gasteiger partial charge in [0, 0.05) is 37.1 Å². The van der Waals surface area contributed by atoms with E-state index in [0.29, 0.717) is 6.54 Å². The van der Waals surface area contributed by atoms with Gasteiger partial charge in [0.05, 0.1) is 6.04 Å². The van der Waals surface area contributed by atoms with E-state index in [-0.39, 0.29) is 29.6 Å². The molecule has 2 heterocycles. The minimum Gasteiger partial charge on any atom is -0.503 e. The number of aliphatic hydroxyl groups is 1. The third-order valence-corrected chi connectivity index (χ3v) is 5.45. The van der Waals surface area contributed by atoms with E-state index in [0.717, 1.165) is 28.5 Å². The maximum Gasteiger partial charge on any atom is 0.251 e. The summed E-state index contributed by atoms with van der Waals surface area (Å²) in [6, 6.07) is 9.00. The van der Waals surface area contributed by atoms with Crippen LogP contribution in [0.4, 0.5) is 0 Å². The maximum atomic E-state index is 12.6. The van der Waals surface area contributed by atoms with Gasteiger partial charge in [-0.25, -0.2) is 0 Å². The molecular weight excluding hydrogens is 400 g/mol. The first-order chi connectivity index (χ1) is 15.4. The summed E-state index contributed by atoms with van der Waals surface area (Å²) in [6.45, 7) is 9.73. The van der Waals surface area contributed by atoms with Gasteiger partial charge in [-0.3, -0.25) is 9.59 Å². The van der Waals surface area contributed by atoms with E-state index < -0.39 is 0 Å². The molecule has 0 aliphatic carbocycles. The highest BCUT2D eigenvalue weighted by molar-refractivity contribution is 5.94. The van der Waals surface area contributed by atoms with Crippen LogP contribution in [0.2, 0.25) is 0 Å². The first kappa shape index (κ1) is 22.8. The van der Waals surface area contributed by atoms with E-state index in [1.54, 1.807) is 22.8 Å². The van der Waals surface area contributed by atoms with Crippen LogP contribution in [0.25, 0.3) is 10.8 Å². The lowest BCUT2D eigenvalue weighted by molar-refractivity contribution is -0.120. The number of hydrogen-bond donors (Lipinski definition) is 1. The van der Waals surface area contributed by atoms with Gasteiger partial charge in [-0.15, -0.1) is 0 Å². The molecule has 3 rings (SSSR count). The third kappa shape index (κ3) is 5.43. The van der Waals surface area contributed by atoms with Crippen LogP contribution in [0, 0.1) is 0 Å². The highest BCUT2D eigenvalue weighted by atomic mass is 16.3. The summed E-state index contributed by atoms with van der Waals surface area (Å²) in [5, 5.41) is 11.9. The number of rotatable bonds is 8. The number of ketones is 1. The number of nitrogens with zero attached hydrogens (tertiary/aromatic N) is 2. The molecule has 0 saturated carbocycles. The van der Waals surface area contributed by atoms with Crippen molar-refractivity contribution < 1.29 is 9.90 Å². The summed E-state index contributed by atoms with van der Waals surface area (Å²) in [5.41, 5.74) is 1.78. The Hall–Kier alpha value is -3.86. The van der Waals surface area contributed by atoms with Crippen molar-refractivity contribution in [2.75, 3.05) is 0 Å². The third-order valence-electron chi connectivity index (χ3n) is 5.45. The largest absolute Gasteiger partial charge is 0.503 e. The zero-order valence-electron chi connectivity index (χ0n) is 18.3. The van der Waals surface area contributed by atoms with Gasteiger partial charge in [-0.05, 0) is 35.8 Å². The molecule has 1 aromatic heterocycles. The standard InChI is InChI=1S/C27H28N2O3/c1-4-10-21(5-2)12-7-6-11-20(3)29-19-26(31)25(30)16-24(29)18-28-17-23-14-9-8-13-22(23)15-27(28)32/h4-11,13-15,17,19,24,31H,1-2,12,16,18H2,3H3/b7-6-,20-11+,21-10+. The normalized spacial score (nSPS) is 17.7. The second-order valence-electron chi connectivity index (χ2n) is 7.72. The van der Waals surface area contributed by atoms with Gasteiger partial charge in [0.25, 0.3) is 5.56 Å². The van der Waals surface area contributed by atoms with E-state index in [2.05, 4.69) is 13.2 Å². The van der Waals surface area contributed by atoms with Crippen molar-refractivity contribution in [2.45, 2.75) is 32.4 Å². The van der Waals surface area contributed by atoms with E-state index in [9.17, 15) is 14.7 Å². The molecular formula is C27H28N2O3. The molecule has 1 unspecified atom stereocenters. The van der Waals surface area contributed by atoms with Gasteiger partial charge < -0.3 is 14.6 Å². The predicted molar refractivity (Wildman–Crippen MR) is 130 cm³/mol. The summed E-state index contributed by atoms with van der Waals surface area (Å²) in [7, 11) is 0. The molecule has 5 nitrogen and oxygen atoms in total. The molecule has 1 aromatic carbocycles. The Labute approximate surface area is 188 Å². The fourth-order valence-electron chi connectivity index (χ4n) is 3.71. The predicted octanol–water partition coefficient (Wildman–Crippen LogP) is 5.19. The molecule has 0 saturated heterocycles. The SMILES string of the molecule is C=C/C=C(\C=C)C/C=C\C=C(/C)N1C=C(O)C(=O)CC1Cn1cc2ccccc2cc1=O. The number of carbonyl (C=O) groups excluding carboxylic acids is 1. The molecule has 1 aliphatic heterocycles. The van der Waals surface area contributed by atoms with Crippen molar-refractivity contribution >= 4 is 16.6 Å². The minimum absolute atomic E-state index is 0.123. The van der Waals surface area contributed by atoms with Gasteiger partial charge in [-0.2, -0.15) is 0 Å². The smallest absolute Gasteiger partial charge is 0.251 e. The van der Waals surface area contributed by atoms with Crippen LogP contribution in [-0.4, -0.2) is 26.4 Å². The maximum absolute atomic E-state index is 12.6. The number of aromatic nitrogens is 1. The lowest BCUT2D eigenvalue weighted by Gasteiger charge is -2.34. The van der Waals surface area contributed by atoms with Crippen molar-refractivity contribution in [1.82, 2.24) is 9.47 Å². The van der Waals surface area contributed by atoms with E-state index in [1.165, 1.54) is 6.20 Å². The fourth-order valence-corrected chi connectivity index (χ4v) is 3.71. The molecule has 0 fully saturated rings. The van der Waals surface area contributed by atoms with Crippen molar-refractivity contribution in [2.24, 2.45) is 0 Å². The number of aliphatic hydroxyl groups excluding tert-OH is 1. The minimum atomic E-state index is -0.325. The van der Waals surface area contributed by atoms with Gasteiger partial charge in [0.1, 0.15) is 0 Å². The number of carbonyl (C=O) groups is 1. The number of allylic oxidation sites excluding steroid dienone is 9. The van der Waals surface area contributed by atoms with Crippen LogP contribution < -0.4 is 5.56 Å². The van der Waals surface area contributed by atoms with Crippen molar-refractivity contribution in [3.63, 3.8) is 0 Å². The number of hydrogen-bond acceptors (Lipinski definition) is 4. The molecule has 0 amide bonds. The Morgan fingerprint density at radius 1 is 1.19 bits per heavy atom. The highest BCUT2D eigenvalue weighted by Gasteiger charge is 2.28. The Bertz CT molecular complexity index is 1210. The molecule has 1 N–H and O–H groups in total. The van der Waals surface area contributed by atoms with Gasteiger partial charge in [0.15, 0.2) is 5.76 Å². The Morgan fingerprint density at radius 3 is 2.66 bits per heavy atom. The lowest BCUT2D eigenvalue weighted by atomic mass is 10.0. The second-order valence-corrected chi connectivity index (χ2v) is 7.72. The van der Waals surface area contributed by atoms with Gasteiger partial charge in [0.2, 0.25) is 5.78 Å². The Morgan fingerprint density at radius 2 is 1.94 bits per heavy atom. The number of pyridine rings is 1. The fraction of sp³-hybridized carbons (Fsp3) is 0.185. The summed E-state index contributed by atoms with van der Waals surface area (Å²) in [4.78, 5) is 26.7. The summed E-state index contributed by atoms with van der Waals surface area (Å²) >= 11 is 0. The van der Waals surface area contributed by atoms with Crippen molar-refractivity contribution in [3.8, 4) is 0 Å². The zero-order valence-corrected chi connectivity index (χ0v) is 18.3. The first-order valence-corrected chi connectivity index (χ1v) is 10.5. The topological polar surface area (TPSA) is 62.5 Å². The molecule has 1 atom stereocenters. The Balaban J connectivity index is 1.84. The quantitative estimate of drug-likeness (QED) is 0.588. The van der Waals surface area contributed by atoms with E-state index in [4.69, 9.17) is 0 Å². The molecule has 2 aromatic rings.